The first-order chi connectivity index (χ1) is 14.4. The molecule has 0 radical (unpaired) electrons. The summed E-state index contributed by atoms with van der Waals surface area (Å²) in [7, 11) is 0. The highest BCUT2D eigenvalue weighted by Crippen LogP contribution is 2.40. The molecule has 2 heterocycles. The molecule has 0 aliphatic heterocycles. The lowest BCUT2D eigenvalue weighted by Gasteiger charge is -2.04. The molecule has 0 unspecified atom stereocenters. The van der Waals surface area contributed by atoms with Crippen molar-refractivity contribution in [3.63, 3.8) is 0 Å². The van der Waals surface area contributed by atoms with E-state index in [1.54, 1.807) is 0 Å². The molecule has 0 amide bonds. The lowest BCUT2D eigenvalue weighted by Crippen LogP contribution is -2.13. The summed E-state index contributed by atoms with van der Waals surface area (Å²) in [6, 6.07) is 16.4. The van der Waals surface area contributed by atoms with Crippen LogP contribution in [-0.4, -0.2) is 26.3 Å². The van der Waals surface area contributed by atoms with Crippen molar-refractivity contribution in [2.45, 2.75) is 13.8 Å². The van der Waals surface area contributed by atoms with Gasteiger partial charge in [0.15, 0.2) is 4.77 Å². The van der Waals surface area contributed by atoms with E-state index in [4.69, 9.17) is 17.2 Å². The highest BCUT2D eigenvalue weighted by molar-refractivity contribution is 7.71. The minimum Gasteiger partial charge on any atom is -0.494 e. The van der Waals surface area contributed by atoms with E-state index >= 15 is 0 Å². The summed E-state index contributed by atoms with van der Waals surface area (Å²) in [5.74, 6) is -0.332. The Kier molecular flexibility index (Phi) is 5.43. The van der Waals surface area contributed by atoms with E-state index in [2.05, 4.69) is 39.2 Å². The number of hydrogen-bond donors (Lipinski definition) is 3. The molecule has 0 saturated heterocycles. The topological polar surface area (TPSA) is 94.1 Å². The van der Waals surface area contributed by atoms with Crippen LogP contribution in [0.5, 0.6) is 5.88 Å². The van der Waals surface area contributed by atoms with E-state index in [1.807, 2.05) is 38.1 Å². The predicted molar refractivity (Wildman–Crippen MR) is 124 cm³/mol. The normalized spacial score (nSPS) is 11.3. The maximum absolute atomic E-state index is 12.1. The van der Waals surface area contributed by atoms with Crippen LogP contribution in [0.25, 0.3) is 21.7 Å². The number of aryl methyl sites for hydroxylation is 2. The van der Waals surface area contributed by atoms with E-state index in [0.29, 0.717) is 5.13 Å². The Morgan fingerprint density at radius 3 is 2.20 bits per heavy atom. The second-order valence-electron chi connectivity index (χ2n) is 6.83. The SMILES string of the molecule is Cc1ccc(-c2nc(N=Cc3c(O)[nH]c(=S)[nH]c3=O)sc2-c2ccc(C)cc2)cc1. The van der Waals surface area contributed by atoms with Crippen molar-refractivity contribution in [3.05, 3.63) is 80.3 Å². The predicted octanol–water partition coefficient (Wildman–Crippen LogP) is 5.30. The van der Waals surface area contributed by atoms with Crippen molar-refractivity contribution in [3.8, 4) is 27.6 Å². The van der Waals surface area contributed by atoms with Crippen LogP contribution in [0.15, 0.2) is 58.3 Å². The van der Waals surface area contributed by atoms with Crippen LogP contribution in [-0.2, 0) is 0 Å². The van der Waals surface area contributed by atoms with Crippen molar-refractivity contribution >= 4 is 34.9 Å². The average Bonchev–Trinajstić information content (AvgIpc) is 3.12. The fourth-order valence-electron chi connectivity index (χ4n) is 2.90. The van der Waals surface area contributed by atoms with Crippen molar-refractivity contribution in [2.75, 3.05) is 0 Å². The van der Waals surface area contributed by atoms with E-state index in [-0.39, 0.29) is 16.2 Å². The molecule has 150 valence electrons. The van der Waals surface area contributed by atoms with Crippen molar-refractivity contribution < 1.29 is 5.11 Å². The van der Waals surface area contributed by atoms with Crippen LogP contribution in [0.1, 0.15) is 16.7 Å². The number of aromatic amines is 2. The molecule has 0 saturated carbocycles. The molecule has 4 rings (SSSR count). The first kappa shape index (κ1) is 19.9. The van der Waals surface area contributed by atoms with Gasteiger partial charge in [0.1, 0.15) is 5.56 Å². The van der Waals surface area contributed by atoms with Gasteiger partial charge in [-0.3, -0.25) is 9.78 Å². The molecule has 0 bridgehead atoms. The van der Waals surface area contributed by atoms with Crippen LogP contribution in [0, 0.1) is 18.6 Å². The van der Waals surface area contributed by atoms with E-state index < -0.39 is 5.56 Å². The minimum absolute atomic E-state index is 0.00688. The molecule has 0 aliphatic carbocycles. The molecule has 8 heteroatoms. The maximum atomic E-state index is 12.1. The Bertz CT molecular complexity index is 1280. The lowest BCUT2D eigenvalue weighted by atomic mass is 10.0. The highest BCUT2D eigenvalue weighted by atomic mass is 32.1. The third-order valence-corrected chi connectivity index (χ3v) is 5.73. The Morgan fingerprint density at radius 1 is 1.00 bits per heavy atom. The van der Waals surface area contributed by atoms with Crippen LogP contribution in [0.4, 0.5) is 5.13 Å². The van der Waals surface area contributed by atoms with Gasteiger partial charge in [-0.05, 0) is 31.6 Å². The number of aliphatic imine (C=N–C) groups is 1. The van der Waals surface area contributed by atoms with Gasteiger partial charge in [0.05, 0.1) is 10.6 Å². The Balaban J connectivity index is 1.81. The first-order valence-corrected chi connectivity index (χ1v) is 10.4. The number of aromatic nitrogens is 3. The third kappa shape index (κ3) is 4.14. The number of thiazole rings is 1. The minimum atomic E-state index is -0.519. The summed E-state index contributed by atoms with van der Waals surface area (Å²) in [5.41, 5.74) is 4.66. The highest BCUT2D eigenvalue weighted by Gasteiger charge is 2.15. The van der Waals surface area contributed by atoms with Gasteiger partial charge < -0.3 is 10.1 Å². The molecule has 3 N–H and O–H groups in total. The summed E-state index contributed by atoms with van der Waals surface area (Å²) < 4.78 is 0.0483. The summed E-state index contributed by atoms with van der Waals surface area (Å²) >= 11 is 6.26. The molecule has 0 fully saturated rings. The van der Waals surface area contributed by atoms with E-state index in [9.17, 15) is 9.90 Å². The van der Waals surface area contributed by atoms with Crippen molar-refractivity contribution in [1.82, 2.24) is 15.0 Å². The number of benzene rings is 2. The lowest BCUT2D eigenvalue weighted by molar-refractivity contribution is 0.449. The molecular weight excluding hydrogens is 416 g/mol. The van der Waals surface area contributed by atoms with Gasteiger partial charge in [-0.25, -0.2) is 9.98 Å². The Morgan fingerprint density at radius 2 is 1.60 bits per heavy atom. The zero-order valence-corrected chi connectivity index (χ0v) is 17.9. The Labute approximate surface area is 181 Å². The summed E-state index contributed by atoms with van der Waals surface area (Å²) in [6.45, 7) is 4.08. The van der Waals surface area contributed by atoms with Gasteiger partial charge in [-0.1, -0.05) is 71.0 Å². The van der Waals surface area contributed by atoms with Crippen molar-refractivity contribution in [1.29, 1.82) is 0 Å². The number of rotatable bonds is 4. The zero-order chi connectivity index (χ0) is 21.3. The van der Waals surface area contributed by atoms with Gasteiger partial charge >= 0.3 is 0 Å². The van der Waals surface area contributed by atoms with Gasteiger partial charge in [-0.15, -0.1) is 0 Å². The second kappa shape index (κ2) is 8.17. The smallest absolute Gasteiger partial charge is 0.264 e. The molecule has 2 aromatic carbocycles. The van der Waals surface area contributed by atoms with Gasteiger partial charge in [-0.2, -0.15) is 0 Å². The molecule has 4 aromatic rings. The first-order valence-electron chi connectivity index (χ1n) is 9.15. The van der Waals surface area contributed by atoms with E-state index in [1.165, 1.54) is 28.7 Å². The fraction of sp³-hybridized carbons (Fsp3) is 0.0909. The van der Waals surface area contributed by atoms with Crippen LogP contribution >= 0.6 is 23.6 Å². The van der Waals surface area contributed by atoms with Gasteiger partial charge in [0, 0.05) is 11.8 Å². The third-order valence-electron chi connectivity index (χ3n) is 4.52. The average molecular weight is 435 g/mol. The second-order valence-corrected chi connectivity index (χ2v) is 8.22. The van der Waals surface area contributed by atoms with Crippen molar-refractivity contribution in [2.24, 2.45) is 4.99 Å². The number of nitrogens with one attached hydrogen (secondary N) is 2. The monoisotopic (exact) mass is 434 g/mol. The van der Waals surface area contributed by atoms with Gasteiger partial charge in [0.2, 0.25) is 11.0 Å². The number of nitrogens with zero attached hydrogens (tertiary/aromatic N) is 2. The standard InChI is InChI=1S/C22H18N4O2S2/c1-12-3-7-14(8-4-12)17-18(15-9-5-13(2)6-10-15)30-22(24-17)23-11-16-19(27)25-21(29)26-20(16)28/h3-11H,1-2H3,(H3,25,26,27,28,29). The fourth-order valence-corrected chi connectivity index (χ4v) is 4.02. The van der Waals surface area contributed by atoms with Gasteiger partial charge in [0.25, 0.3) is 5.56 Å². The van der Waals surface area contributed by atoms with Crippen LogP contribution in [0.2, 0.25) is 0 Å². The number of hydrogen-bond acceptors (Lipinski definition) is 6. The molecule has 0 aliphatic rings. The number of H-pyrrole nitrogens is 2. The molecule has 2 aromatic heterocycles. The summed E-state index contributed by atoms with van der Waals surface area (Å²) in [6.07, 6.45) is 1.29. The number of aromatic hydroxyl groups is 1. The quantitative estimate of drug-likeness (QED) is 0.300. The molecular formula is C22H18N4O2S2. The molecule has 0 spiro atoms. The maximum Gasteiger partial charge on any atom is 0.264 e. The van der Waals surface area contributed by atoms with Crippen LogP contribution < -0.4 is 5.56 Å². The van der Waals surface area contributed by atoms with E-state index in [0.717, 1.165) is 21.7 Å². The molecule has 0 atom stereocenters. The summed E-state index contributed by atoms with van der Waals surface area (Å²) in [5, 5.41) is 10.4. The molecule has 6 nitrogen and oxygen atoms in total. The molecule has 30 heavy (non-hydrogen) atoms. The Hall–Kier alpha value is -3.36. The van der Waals surface area contributed by atoms with Crippen LogP contribution in [0.3, 0.4) is 0 Å². The zero-order valence-electron chi connectivity index (χ0n) is 16.3. The largest absolute Gasteiger partial charge is 0.494 e. The summed E-state index contributed by atoms with van der Waals surface area (Å²) in [4.78, 5) is 27.0.